The number of aryl methyl sites for hydroxylation is 2. The minimum absolute atomic E-state index is 0.0882. The van der Waals surface area contributed by atoms with Crippen molar-refractivity contribution in [1.29, 1.82) is 0 Å². The Morgan fingerprint density at radius 3 is 2.84 bits per heavy atom. The van der Waals surface area contributed by atoms with E-state index in [2.05, 4.69) is 32.4 Å². The first-order chi connectivity index (χ1) is 14.9. The van der Waals surface area contributed by atoms with Crippen LogP contribution in [-0.4, -0.2) is 34.4 Å². The molecule has 2 atom stereocenters. The Hall–Kier alpha value is -3.16. The first-order valence-electron chi connectivity index (χ1n) is 11.0. The molecule has 3 heterocycles. The van der Waals surface area contributed by atoms with E-state index in [1.165, 1.54) is 0 Å². The lowest BCUT2D eigenvalue weighted by Crippen LogP contribution is -2.43. The molecule has 0 aliphatic carbocycles. The van der Waals surface area contributed by atoms with Gasteiger partial charge in [0.15, 0.2) is 0 Å². The number of fused-ring (bicyclic) bond motifs is 1. The van der Waals surface area contributed by atoms with Crippen LogP contribution in [0.4, 0.5) is 17.5 Å². The molecular formula is C23H29N5O3. The molecular weight excluding hydrogens is 394 g/mol. The molecule has 31 heavy (non-hydrogen) atoms. The van der Waals surface area contributed by atoms with Crippen LogP contribution in [0, 0.1) is 13.8 Å². The van der Waals surface area contributed by atoms with E-state index in [-0.39, 0.29) is 35.2 Å². The van der Waals surface area contributed by atoms with E-state index >= 15 is 0 Å². The molecule has 2 aliphatic rings. The SMILES string of the molecule is CC[C@H]1CCCCN1c1nc2c(c(=O)[nH]1)[C@H](C(=O)Nc1cc(C)ccc1C)CC(=O)N2. The monoisotopic (exact) mass is 423 g/mol. The van der Waals surface area contributed by atoms with Crippen molar-refractivity contribution in [3.63, 3.8) is 0 Å². The van der Waals surface area contributed by atoms with Crippen LogP contribution in [0.25, 0.3) is 0 Å². The van der Waals surface area contributed by atoms with Gasteiger partial charge in [-0.25, -0.2) is 0 Å². The largest absolute Gasteiger partial charge is 0.339 e. The third kappa shape index (κ3) is 4.19. The molecule has 164 valence electrons. The number of carbonyl (C=O) groups is 2. The molecule has 8 nitrogen and oxygen atoms in total. The number of aromatic nitrogens is 2. The van der Waals surface area contributed by atoms with Gasteiger partial charge in [0, 0.05) is 24.7 Å². The van der Waals surface area contributed by atoms with Crippen molar-refractivity contribution in [1.82, 2.24) is 9.97 Å². The fourth-order valence-corrected chi connectivity index (χ4v) is 4.51. The highest BCUT2D eigenvalue weighted by Gasteiger charge is 2.36. The second-order valence-electron chi connectivity index (χ2n) is 8.52. The number of anilines is 3. The molecule has 1 aromatic heterocycles. The number of hydrogen-bond acceptors (Lipinski definition) is 5. The Bertz CT molecular complexity index is 1080. The fraction of sp³-hybridized carbons (Fsp3) is 0.478. The Morgan fingerprint density at radius 1 is 1.26 bits per heavy atom. The lowest BCUT2D eigenvalue weighted by Gasteiger charge is -2.36. The van der Waals surface area contributed by atoms with Crippen LogP contribution in [0.2, 0.25) is 0 Å². The van der Waals surface area contributed by atoms with Crippen molar-refractivity contribution in [3.05, 3.63) is 45.2 Å². The number of hydrogen-bond donors (Lipinski definition) is 3. The number of nitrogens with one attached hydrogen (secondary N) is 3. The highest BCUT2D eigenvalue weighted by atomic mass is 16.2. The standard InChI is InChI=1S/C23H29N5O3/c1-4-15-7-5-6-10-28(15)23-26-20-19(22(31)27-23)16(12-18(29)25-20)21(30)24-17-11-13(2)8-9-14(17)3/h8-9,11,15-16H,4-7,10,12H2,1-3H3,(H,24,30)(H2,25,26,27,29,31)/t15-,16+/m0/s1. The van der Waals surface area contributed by atoms with Gasteiger partial charge < -0.3 is 15.5 Å². The van der Waals surface area contributed by atoms with Crippen molar-refractivity contribution in [2.45, 2.75) is 64.8 Å². The molecule has 3 N–H and O–H groups in total. The molecule has 4 rings (SSSR count). The van der Waals surface area contributed by atoms with Crippen molar-refractivity contribution in [3.8, 4) is 0 Å². The molecule has 1 saturated heterocycles. The van der Waals surface area contributed by atoms with Gasteiger partial charge in [-0.2, -0.15) is 4.98 Å². The summed E-state index contributed by atoms with van der Waals surface area (Å²) in [5, 5.41) is 5.60. The highest BCUT2D eigenvalue weighted by Crippen LogP contribution is 2.32. The van der Waals surface area contributed by atoms with E-state index < -0.39 is 5.92 Å². The summed E-state index contributed by atoms with van der Waals surface area (Å²) in [7, 11) is 0. The smallest absolute Gasteiger partial charge is 0.258 e. The van der Waals surface area contributed by atoms with Crippen LogP contribution in [0.15, 0.2) is 23.0 Å². The summed E-state index contributed by atoms with van der Waals surface area (Å²) < 4.78 is 0. The number of aromatic amines is 1. The van der Waals surface area contributed by atoms with Crippen molar-refractivity contribution < 1.29 is 9.59 Å². The normalized spacial score (nSPS) is 20.7. The Balaban J connectivity index is 1.67. The Kier molecular flexibility index (Phi) is 5.80. The molecule has 0 radical (unpaired) electrons. The number of benzene rings is 1. The molecule has 8 heteroatoms. The van der Waals surface area contributed by atoms with Crippen molar-refractivity contribution in [2.75, 3.05) is 22.1 Å². The van der Waals surface area contributed by atoms with Gasteiger partial charge >= 0.3 is 0 Å². The number of carbonyl (C=O) groups excluding carboxylic acids is 2. The second kappa shape index (κ2) is 8.53. The van der Waals surface area contributed by atoms with Crippen molar-refractivity contribution >= 4 is 29.3 Å². The van der Waals surface area contributed by atoms with Crippen LogP contribution in [0.5, 0.6) is 0 Å². The van der Waals surface area contributed by atoms with Gasteiger partial charge in [0.05, 0.1) is 11.5 Å². The van der Waals surface area contributed by atoms with Crippen LogP contribution in [-0.2, 0) is 9.59 Å². The number of amides is 2. The van der Waals surface area contributed by atoms with Crippen molar-refractivity contribution in [2.24, 2.45) is 0 Å². The molecule has 0 unspecified atom stereocenters. The van der Waals surface area contributed by atoms with Crippen LogP contribution < -0.4 is 21.1 Å². The molecule has 2 amide bonds. The van der Waals surface area contributed by atoms with E-state index in [0.717, 1.165) is 43.4 Å². The molecule has 0 saturated carbocycles. The number of nitrogens with zero attached hydrogens (tertiary/aromatic N) is 2. The highest BCUT2D eigenvalue weighted by molar-refractivity contribution is 6.04. The molecule has 1 fully saturated rings. The summed E-state index contributed by atoms with van der Waals surface area (Å²) in [6.45, 7) is 6.78. The van der Waals surface area contributed by atoms with Gasteiger partial charge in [-0.3, -0.25) is 19.4 Å². The van der Waals surface area contributed by atoms with Gasteiger partial charge in [0.1, 0.15) is 5.82 Å². The van der Waals surface area contributed by atoms with Gasteiger partial charge in [-0.1, -0.05) is 19.1 Å². The molecule has 2 aliphatic heterocycles. The van der Waals surface area contributed by atoms with Gasteiger partial charge in [-0.05, 0) is 56.7 Å². The van der Waals surface area contributed by atoms with Gasteiger partial charge in [0.25, 0.3) is 5.56 Å². The predicted octanol–water partition coefficient (Wildman–Crippen LogP) is 3.22. The maximum Gasteiger partial charge on any atom is 0.258 e. The summed E-state index contributed by atoms with van der Waals surface area (Å²) >= 11 is 0. The summed E-state index contributed by atoms with van der Waals surface area (Å²) in [6.07, 6.45) is 4.10. The molecule has 2 aromatic rings. The van der Waals surface area contributed by atoms with Crippen LogP contribution >= 0.6 is 0 Å². The minimum Gasteiger partial charge on any atom is -0.339 e. The quantitative estimate of drug-likeness (QED) is 0.700. The summed E-state index contributed by atoms with van der Waals surface area (Å²) in [6, 6.07) is 6.08. The molecule has 1 aromatic carbocycles. The lowest BCUT2D eigenvalue weighted by atomic mass is 9.92. The fourth-order valence-electron chi connectivity index (χ4n) is 4.51. The van der Waals surface area contributed by atoms with E-state index in [9.17, 15) is 14.4 Å². The number of rotatable bonds is 4. The van der Waals surface area contributed by atoms with E-state index in [1.807, 2.05) is 32.0 Å². The van der Waals surface area contributed by atoms with E-state index in [4.69, 9.17) is 0 Å². The van der Waals surface area contributed by atoms with Gasteiger partial charge in [0.2, 0.25) is 17.8 Å². The van der Waals surface area contributed by atoms with Crippen LogP contribution in [0.1, 0.15) is 61.6 Å². The first-order valence-corrected chi connectivity index (χ1v) is 11.0. The maximum absolute atomic E-state index is 13.1. The Labute approximate surface area is 181 Å². The molecule has 0 bridgehead atoms. The Morgan fingerprint density at radius 2 is 2.06 bits per heavy atom. The third-order valence-corrected chi connectivity index (χ3v) is 6.28. The topological polar surface area (TPSA) is 107 Å². The zero-order valence-electron chi connectivity index (χ0n) is 18.2. The summed E-state index contributed by atoms with van der Waals surface area (Å²) in [5.74, 6) is -0.933. The van der Waals surface area contributed by atoms with Gasteiger partial charge in [-0.15, -0.1) is 0 Å². The lowest BCUT2D eigenvalue weighted by molar-refractivity contribution is -0.123. The number of piperidine rings is 1. The zero-order valence-corrected chi connectivity index (χ0v) is 18.2. The minimum atomic E-state index is -0.891. The first kappa shape index (κ1) is 21.1. The average molecular weight is 424 g/mol. The maximum atomic E-state index is 13.1. The van der Waals surface area contributed by atoms with Crippen LogP contribution in [0.3, 0.4) is 0 Å². The summed E-state index contributed by atoms with van der Waals surface area (Å²) in [5.41, 5.74) is 2.45. The van der Waals surface area contributed by atoms with E-state index in [1.54, 1.807) is 0 Å². The third-order valence-electron chi connectivity index (χ3n) is 6.28. The zero-order chi connectivity index (χ0) is 22.1. The molecule has 0 spiro atoms. The number of H-pyrrole nitrogens is 1. The summed E-state index contributed by atoms with van der Waals surface area (Å²) in [4.78, 5) is 48.1. The average Bonchev–Trinajstić information content (AvgIpc) is 2.75. The second-order valence-corrected chi connectivity index (χ2v) is 8.52. The predicted molar refractivity (Wildman–Crippen MR) is 121 cm³/mol. The van der Waals surface area contributed by atoms with E-state index in [0.29, 0.717) is 17.7 Å².